The van der Waals surface area contributed by atoms with E-state index >= 15 is 0 Å². The fraction of sp³-hybridized carbons (Fsp3) is 0.273. The Hall–Kier alpha value is -1.55. The molecule has 0 aliphatic heterocycles. The SMILES string of the molecule is CCCc1nc(Cl)cc(-c2cnccn2)n1. The Morgan fingerprint density at radius 1 is 1.19 bits per heavy atom. The van der Waals surface area contributed by atoms with Gasteiger partial charge in [-0.1, -0.05) is 18.5 Å². The summed E-state index contributed by atoms with van der Waals surface area (Å²) < 4.78 is 0. The van der Waals surface area contributed by atoms with Gasteiger partial charge in [-0.2, -0.15) is 0 Å². The fourth-order valence-electron chi connectivity index (χ4n) is 1.36. The highest BCUT2D eigenvalue weighted by Crippen LogP contribution is 2.17. The van der Waals surface area contributed by atoms with Crippen molar-refractivity contribution in [2.24, 2.45) is 0 Å². The van der Waals surface area contributed by atoms with Gasteiger partial charge in [0, 0.05) is 24.9 Å². The van der Waals surface area contributed by atoms with E-state index in [1.807, 2.05) is 0 Å². The van der Waals surface area contributed by atoms with Gasteiger partial charge in [0.25, 0.3) is 0 Å². The monoisotopic (exact) mass is 234 g/mol. The van der Waals surface area contributed by atoms with Crippen molar-refractivity contribution in [1.82, 2.24) is 19.9 Å². The van der Waals surface area contributed by atoms with Crippen molar-refractivity contribution in [3.8, 4) is 11.4 Å². The molecule has 0 bridgehead atoms. The molecule has 0 spiro atoms. The molecule has 0 aromatic carbocycles. The average Bonchev–Trinajstić information content (AvgIpc) is 2.30. The first-order valence-electron chi connectivity index (χ1n) is 5.09. The van der Waals surface area contributed by atoms with Crippen LogP contribution in [0.1, 0.15) is 19.2 Å². The summed E-state index contributed by atoms with van der Waals surface area (Å²) in [6.45, 7) is 2.08. The zero-order chi connectivity index (χ0) is 11.4. The molecule has 2 aromatic heterocycles. The van der Waals surface area contributed by atoms with Gasteiger partial charge < -0.3 is 0 Å². The smallest absolute Gasteiger partial charge is 0.133 e. The third-order valence-electron chi connectivity index (χ3n) is 2.04. The lowest BCUT2D eigenvalue weighted by molar-refractivity contribution is 0.835. The van der Waals surface area contributed by atoms with E-state index in [0.29, 0.717) is 10.8 Å². The van der Waals surface area contributed by atoms with Gasteiger partial charge in [0.1, 0.15) is 16.7 Å². The van der Waals surface area contributed by atoms with E-state index in [-0.39, 0.29) is 0 Å². The molecule has 0 fully saturated rings. The fourth-order valence-corrected chi connectivity index (χ4v) is 1.56. The van der Waals surface area contributed by atoms with Crippen molar-refractivity contribution in [1.29, 1.82) is 0 Å². The zero-order valence-corrected chi connectivity index (χ0v) is 9.65. The summed E-state index contributed by atoms with van der Waals surface area (Å²) in [6.07, 6.45) is 6.71. The summed E-state index contributed by atoms with van der Waals surface area (Å²) in [4.78, 5) is 16.7. The molecule has 0 atom stereocenters. The summed E-state index contributed by atoms with van der Waals surface area (Å²) in [5.41, 5.74) is 1.43. The predicted octanol–water partition coefficient (Wildman–Crippen LogP) is 2.54. The van der Waals surface area contributed by atoms with Gasteiger partial charge >= 0.3 is 0 Å². The molecule has 0 N–H and O–H groups in total. The summed E-state index contributed by atoms with van der Waals surface area (Å²) in [5.74, 6) is 0.746. The third-order valence-corrected chi connectivity index (χ3v) is 2.23. The molecule has 82 valence electrons. The van der Waals surface area contributed by atoms with E-state index in [1.165, 1.54) is 0 Å². The van der Waals surface area contributed by atoms with Crippen LogP contribution >= 0.6 is 11.6 Å². The first kappa shape index (κ1) is 11.0. The van der Waals surface area contributed by atoms with Crippen molar-refractivity contribution in [3.05, 3.63) is 35.6 Å². The quantitative estimate of drug-likeness (QED) is 0.766. The Kier molecular flexibility index (Phi) is 3.41. The van der Waals surface area contributed by atoms with Crippen LogP contribution in [0.4, 0.5) is 0 Å². The van der Waals surface area contributed by atoms with E-state index in [0.717, 1.165) is 24.4 Å². The molecule has 0 unspecified atom stereocenters. The van der Waals surface area contributed by atoms with Gasteiger partial charge in [-0.3, -0.25) is 9.97 Å². The number of aryl methyl sites for hydroxylation is 1. The molecule has 0 aliphatic carbocycles. The minimum Gasteiger partial charge on any atom is -0.261 e. The lowest BCUT2D eigenvalue weighted by Crippen LogP contribution is -1.98. The number of halogens is 1. The van der Waals surface area contributed by atoms with Crippen LogP contribution in [0.15, 0.2) is 24.7 Å². The van der Waals surface area contributed by atoms with Crippen LogP contribution < -0.4 is 0 Å². The Balaban J connectivity index is 2.41. The van der Waals surface area contributed by atoms with Gasteiger partial charge in [-0.25, -0.2) is 9.97 Å². The highest BCUT2D eigenvalue weighted by atomic mass is 35.5. The molecule has 5 heteroatoms. The summed E-state index contributed by atoms with van der Waals surface area (Å²) in [5, 5.41) is 0.444. The Morgan fingerprint density at radius 3 is 2.75 bits per heavy atom. The Bertz CT molecular complexity index is 473. The lowest BCUT2D eigenvalue weighted by atomic mass is 10.3. The zero-order valence-electron chi connectivity index (χ0n) is 8.89. The van der Waals surface area contributed by atoms with Gasteiger partial charge in [-0.15, -0.1) is 0 Å². The molecule has 16 heavy (non-hydrogen) atoms. The van der Waals surface area contributed by atoms with Crippen molar-refractivity contribution in [2.45, 2.75) is 19.8 Å². The predicted molar refractivity (Wildman–Crippen MR) is 62.1 cm³/mol. The van der Waals surface area contributed by atoms with Crippen molar-refractivity contribution in [3.63, 3.8) is 0 Å². The van der Waals surface area contributed by atoms with E-state index in [4.69, 9.17) is 11.6 Å². The Labute approximate surface area is 98.8 Å². The molecule has 2 rings (SSSR count). The number of hydrogen-bond donors (Lipinski definition) is 0. The van der Waals surface area contributed by atoms with Gasteiger partial charge in [0.2, 0.25) is 0 Å². The van der Waals surface area contributed by atoms with Crippen LogP contribution in [-0.2, 0) is 6.42 Å². The molecule has 0 saturated heterocycles. The molecular formula is C11H11ClN4. The van der Waals surface area contributed by atoms with Crippen molar-refractivity contribution >= 4 is 11.6 Å². The molecule has 0 radical (unpaired) electrons. The molecular weight excluding hydrogens is 224 g/mol. The molecule has 0 saturated carbocycles. The van der Waals surface area contributed by atoms with E-state index in [9.17, 15) is 0 Å². The van der Waals surface area contributed by atoms with Gasteiger partial charge in [0.15, 0.2) is 0 Å². The van der Waals surface area contributed by atoms with E-state index in [2.05, 4.69) is 26.9 Å². The molecule has 0 amide bonds. The minimum absolute atomic E-state index is 0.444. The van der Waals surface area contributed by atoms with E-state index < -0.39 is 0 Å². The maximum atomic E-state index is 5.94. The summed E-state index contributed by atoms with van der Waals surface area (Å²) >= 11 is 5.94. The summed E-state index contributed by atoms with van der Waals surface area (Å²) in [7, 11) is 0. The summed E-state index contributed by atoms with van der Waals surface area (Å²) in [6, 6.07) is 1.70. The van der Waals surface area contributed by atoms with Crippen LogP contribution in [0.2, 0.25) is 5.15 Å². The highest BCUT2D eigenvalue weighted by molar-refractivity contribution is 6.29. The van der Waals surface area contributed by atoms with Crippen LogP contribution in [-0.4, -0.2) is 19.9 Å². The number of aromatic nitrogens is 4. The van der Waals surface area contributed by atoms with Crippen LogP contribution in [0.25, 0.3) is 11.4 Å². The van der Waals surface area contributed by atoms with Crippen molar-refractivity contribution in [2.75, 3.05) is 0 Å². The second kappa shape index (κ2) is 4.99. The van der Waals surface area contributed by atoms with Gasteiger partial charge in [0.05, 0.1) is 11.9 Å². The average molecular weight is 235 g/mol. The number of rotatable bonds is 3. The normalized spacial score (nSPS) is 10.4. The Morgan fingerprint density at radius 2 is 2.06 bits per heavy atom. The first-order chi connectivity index (χ1) is 7.79. The van der Waals surface area contributed by atoms with Crippen molar-refractivity contribution < 1.29 is 0 Å². The molecule has 4 nitrogen and oxygen atoms in total. The van der Waals surface area contributed by atoms with Crippen LogP contribution in [0.5, 0.6) is 0 Å². The van der Waals surface area contributed by atoms with E-state index in [1.54, 1.807) is 24.7 Å². The topological polar surface area (TPSA) is 51.6 Å². The second-order valence-electron chi connectivity index (χ2n) is 3.33. The van der Waals surface area contributed by atoms with Crippen LogP contribution in [0, 0.1) is 0 Å². The maximum Gasteiger partial charge on any atom is 0.133 e. The lowest BCUT2D eigenvalue weighted by Gasteiger charge is -2.03. The minimum atomic E-state index is 0.444. The number of hydrogen-bond acceptors (Lipinski definition) is 4. The standard InChI is InChI=1S/C11H11ClN4/c1-2-3-11-15-8(6-10(12)16-11)9-7-13-4-5-14-9/h4-7H,2-3H2,1H3. The van der Waals surface area contributed by atoms with Crippen LogP contribution in [0.3, 0.4) is 0 Å². The molecule has 2 heterocycles. The number of nitrogens with zero attached hydrogens (tertiary/aromatic N) is 4. The third kappa shape index (κ3) is 2.52. The largest absolute Gasteiger partial charge is 0.261 e. The highest BCUT2D eigenvalue weighted by Gasteiger charge is 2.05. The maximum absolute atomic E-state index is 5.94. The molecule has 2 aromatic rings. The second-order valence-corrected chi connectivity index (χ2v) is 3.72. The van der Waals surface area contributed by atoms with Gasteiger partial charge in [-0.05, 0) is 6.42 Å². The molecule has 0 aliphatic rings. The first-order valence-corrected chi connectivity index (χ1v) is 5.47.